The molecule has 9 heteroatoms. The lowest BCUT2D eigenvalue weighted by Crippen LogP contribution is -2.40. The van der Waals surface area contributed by atoms with E-state index in [9.17, 15) is 4.79 Å². The first-order valence-corrected chi connectivity index (χ1v) is 11.8. The molecule has 2 aromatic rings. The average Bonchev–Trinajstić information content (AvgIpc) is 3.07. The van der Waals surface area contributed by atoms with Gasteiger partial charge >= 0.3 is 0 Å². The Morgan fingerprint density at radius 2 is 2.00 bits per heavy atom. The van der Waals surface area contributed by atoms with Crippen LogP contribution in [0.15, 0.2) is 22.2 Å². The molecule has 30 heavy (non-hydrogen) atoms. The van der Waals surface area contributed by atoms with E-state index in [4.69, 9.17) is 33.9 Å². The van der Waals surface area contributed by atoms with Crippen molar-refractivity contribution in [3.05, 3.63) is 33.8 Å². The Morgan fingerprint density at radius 1 is 1.27 bits per heavy atom. The quantitative estimate of drug-likeness (QED) is 0.628. The van der Waals surface area contributed by atoms with Crippen LogP contribution in [-0.4, -0.2) is 33.9 Å². The van der Waals surface area contributed by atoms with Crippen LogP contribution >= 0.6 is 35.0 Å². The SMILES string of the molecule is Cc1nc(N2CCC3(CCC(C)C3)CC2)c(C(N)=O)nc1Sc1ccnc(Cl)c1Cl. The van der Waals surface area contributed by atoms with E-state index in [-0.39, 0.29) is 10.8 Å². The van der Waals surface area contributed by atoms with E-state index in [0.29, 0.717) is 26.2 Å². The molecule has 1 atom stereocenters. The number of nitrogens with two attached hydrogens (primary N) is 1. The Hall–Kier alpha value is -1.57. The molecular weight excluding hydrogens is 441 g/mol. The maximum absolute atomic E-state index is 12.2. The number of nitrogens with zero attached hydrogens (tertiary/aromatic N) is 4. The zero-order valence-electron chi connectivity index (χ0n) is 17.1. The molecule has 1 saturated heterocycles. The van der Waals surface area contributed by atoms with Crippen LogP contribution in [0.3, 0.4) is 0 Å². The first-order chi connectivity index (χ1) is 14.3. The van der Waals surface area contributed by atoms with Gasteiger partial charge in [-0.2, -0.15) is 0 Å². The Balaban J connectivity index is 1.60. The van der Waals surface area contributed by atoms with Gasteiger partial charge in [0.05, 0.1) is 10.7 Å². The molecule has 0 radical (unpaired) electrons. The van der Waals surface area contributed by atoms with E-state index in [0.717, 1.165) is 37.5 Å². The van der Waals surface area contributed by atoms with Crippen molar-refractivity contribution < 1.29 is 4.79 Å². The molecule has 2 aliphatic rings. The second-order valence-electron chi connectivity index (χ2n) is 8.50. The Bertz CT molecular complexity index is 978. The number of amides is 1. The predicted octanol–water partition coefficient (Wildman–Crippen LogP) is 5.14. The van der Waals surface area contributed by atoms with Crippen LogP contribution in [0.1, 0.15) is 55.2 Å². The summed E-state index contributed by atoms with van der Waals surface area (Å²) in [5, 5.41) is 1.15. The Morgan fingerprint density at radius 3 is 2.63 bits per heavy atom. The van der Waals surface area contributed by atoms with Crippen molar-refractivity contribution in [1.82, 2.24) is 15.0 Å². The molecule has 0 bridgehead atoms. The number of pyridine rings is 1. The molecule has 6 nitrogen and oxygen atoms in total. The molecule has 2 fully saturated rings. The fraction of sp³-hybridized carbons (Fsp3) is 0.524. The van der Waals surface area contributed by atoms with E-state index in [1.807, 2.05) is 6.92 Å². The third-order valence-electron chi connectivity index (χ3n) is 6.33. The minimum absolute atomic E-state index is 0.204. The van der Waals surface area contributed by atoms with Gasteiger partial charge in [0.1, 0.15) is 10.2 Å². The van der Waals surface area contributed by atoms with Crippen molar-refractivity contribution in [2.45, 2.75) is 55.9 Å². The monoisotopic (exact) mass is 465 g/mol. The number of anilines is 1. The van der Waals surface area contributed by atoms with Gasteiger partial charge in [0, 0.05) is 24.2 Å². The summed E-state index contributed by atoms with van der Waals surface area (Å²) >= 11 is 13.6. The summed E-state index contributed by atoms with van der Waals surface area (Å²) in [6.45, 7) is 5.98. The van der Waals surface area contributed by atoms with E-state index < -0.39 is 5.91 Å². The molecule has 160 valence electrons. The third-order valence-corrected chi connectivity index (χ3v) is 8.35. The zero-order chi connectivity index (χ0) is 21.5. The predicted molar refractivity (Wildman–Crippen MR) is 121 cm³/mol. The fourth-order valence-corrected chi connectivity index (χ4v) is 6.00. The molecule has 0 aromatic carbocycles. The van der Waals surface area contributed by atoms with Crippen LogP contribution in [0.5, 0.6) is 0 Å². The van der Waals surface area contributed by atoms with Crippen LogP contribution < -0.4 is 10.6 Å². The number of hydrogen-bond donors (Lipinski definition) is 1. The normalized spacial score (nSPS) is 20.7. The van der Waals surface area contributed by atoms with Crippen molar-refractivity contribution in [2.24, 2.45) is 17.1 Å². The van der Waals surface area contributed by atoms with Crippen LogP contribution in [-0.2, 0) is 0 Å². The largest absolute Gasteiger partial charge is 0.364 e. The van der Waals surface area contributed by atoms with Gasteiger partial charge in [0.25, 0.3) is 5.91 Å². The molecule has 1 amide bonds. The standard InChI is InChI=1S/C21H25Cl2N5OS/c1-12-3-5-21(11-12)6-9-28(10-7-21)19-16(18(24)29)27-20(13(2)26-19)30-14-4-8-25-17(23)15(14)22/h4,8,12H,3,5-7,9-11H2,1-2H3,(H2,24,29). The second kappa shape index (κ2) is 8.52. The van der Waals surface area contributed by atoms with Gasteiger partial charge < -0.3 is 10.6 Å². The highest BCUT2D eigenvalue weighted by Gasteiger charge is 2.40. The fourth-order valence-electron chi connectivity index (χ4n) is 4.70. The molecule has 3 heterocycles. The summed E-state index contributed by atoms with van der Waals surface area (Å²) in [4.78, 5) is 28.4. The minimum atomic E-state index is -0.576. The first-order valence-electron chi connectivity index (χ1n) is 10.2. The van der Waals surface area contributed by atoms with Crippen LogP contribution in [0.2, 0.25) is 10.2 Å². The number of carbonyl (C=O) groups is 1. The lowest BCUT2D eigenvalue weighted by Gasteiger charge is -2.40. The number of halogens is 2. The molecule has 2 aromatic heterocycles. The van der Waals surface area contributed by atoms with Crippen LogP contribution in [0, 0.1) is 18.3 Å². The maximum atomic E-state index is 12.2. The third kappa shape index (κ3) is 4.25. The van der Waals surface area contributed by atoms with Gasteiger partial charge in [-0.15, -0.1) is 0 Å². The second-order valence-corrected chi connectivity index (χ2v) is 10.3. The maximum Gasteiger partial charge on any atom is 0.271 e. The highest BCUT2D eigenvalue weighted by molar-refractivity contribution is 7.99. The lowest BCUT2D eigenvalue weighted by molar-refractivity contribution is 0.0995. The molecule has 2 N–H and O–H groups in total. The number of aromatic nitrogens is 3. The van der Waals surface area contributed by atoms with E-state index in [1.54, 1.807) is 12.3 Å². The van der Waals surface area contributed by atoms with E-state index >= 15 is 0 Å². The summed E-state index contributed by atoms with van der Waals surface area (Å²) in [6.07, 6.45) is 7.75. The van der Waals surface area contributed by atoms with Gasteiger partial charge in [-0.3, -0.25) is 4.79 Å². The molecule has 1 unspecified atom stereocenters. The number of rotatable bonds is 4. The van der Waals surface area contributed by atoms with E-state index in [2.05, 4.69) is 21.8 Å². The topological polar surface area (TPSA) is 85.0 Å². The molecular formula is C21H25Cl2N5OS. The minimum Gasteiger partial charge on any atom is -0.364 e. The van der Waals surface area contributed by atoms with Crippen molar-refractivity contribution in [1.29, 1.82) is 0 Å². The summed E-state index contributed by atoms with van der Waals surface area (Å²) in [5.74, 6) is 0.821. The van der Waals surface area contributed by atoms with Gasteiger partial charge in [-0.05, 0) is 50.0 Å². The average molecular weight is 466 g/mol. The van der Waals surface area contributed by atoms with Crippen molar-refractivity contribution in [3.63, 3.8) is 0 Å². The molecule has 1 aliphatic heterocycles. The Kier molecular flexibility index (Phi) is 6.15. The highest BCUT2D eigenvalue weighted by atomic mass is 35.5. The first kappa shape index (κ1) is 21.7. The number of piperidine rings is 1. The number of aryl methyl sites for hydroxylation is 1. The lowest BCUT2D eigenvalue weighted by atomic mass is 9.76. The summed E-state index contributed by atoms with van der Waals surface area (Å²) in [6, 6.07) is 1.75. The van der Waals surface area contributed by atoms with Gasteiger partial charge in [-0.25, -0.2) is 15.0 Å². The molecule has 4 rings (SSSR count). The van der Waals surface area contributed by atoms with Gasteiger partial charge in [-0.1, -0.05) is 48.3 Å². The summed E-state index contributed by atoms with van der Waals surface area (Å²) < 4.78 is 0. The highest BCUT2D eigenvalue weighted by Crippen LogP contribution is 2.49. The van der Waals surface area contributed by atoms with Gasteiger partial charge in [0.15, 0.2) is 11.5 Å². The number of carbonyl (C=O) groups excluding carboxylic acids is 1. The molecule has 1 spiro atoms. The summed E-state index contributed by atoms with van der Waals surface area (Å²) in [7, 11) is 0. The van der Waals surface area contributed by atoms with E-state index in [1.165, 1.54) is 31.0 Å². The van der Waals surface area contributed by atoms with Crippen molar-refractivity contribution >= 4 is 46.7 Å². The molecule has 1 aliphatic carbocycles. The zero-order valence-corrected chi connectivity index (χ0v) is 19.4. The van der Waals surface area contributed by atoms with Crippen LogP contribution in [0.25, 0.3) is 0 Å². The smallest absolute Gasteiger partial charge is 0.271 e. The van der Waals surface area contributed by atoms with Crippen LogP contribution in [0.4, 0.5) is 5.82 Å². The van der Waals surface area contributed by atoms with Gasteiger partial charge in [0.2, 0.25) is 0 Å². The summed E-state index contributed by atoms with van der Waals surface area (Å²) in [5.41, 5.74) is 7.07. The number of hydrogen-bond acceptors (Lipinski definition) is 6. The van der Waals surface area contributed by atoms with Crippen molar-refractivity contribution in [2.75, 3.05) is 18.0 Å². The van der Waals surface area contributed by atoms with Crippen molar-refractivity contribution in [3.8, 4) is 0 Å². The molecule has 1 saturated carbocycles. The number of primary amides is 1. The Labute approximate surface area is 191 Å².